The van der Waals surface area contributed by atoms with Crippen molar-refractivity contribution in [1.29, 1.82) is 0 Å². The number of fused-ring (bicyclic) bond motifs is 1. The number of likely N-dealkylation sites (N-methyl/N-ethyl adjacent to an activating group) is 1. The predicted octanol–water partition coefficient (Wildman–Crippen LogP) is 3.73. The summed E-state index contributed by atoms with van der Waals surface area (Å²) in [4.78, 5) is 5.39. The van der Waals surface area contributed by atoms with E-state index in [0.29, 0.717) is 10.6 Å². The minimum Gasteiger partial charge on any atom is -0.495 e. The van der Waals surface area contributed by atoms with Crippen LogP contribution in [0.25, 0.3) is 10.8 Å². The standard InChI is InChI=1S/C22H25N3O2S/c1-24-13-15-25(16-14-24)19-10-8-18(9-11-19)23-28(26)22-20-6-4-3-5-17(20)7-12-21(22)27-2/h3-12,23H,13-16H2,1-2H3. The first-order chi connectivity index (χ1) is 13.7. The number of anilines is 2. The molecule has 1 fully saturated rings. The van der Waals surface area contributed by atoms with E-state index in [2.05, 4.69) is 33.7 Å². The lowest BCUT2D eigenvalue weighted by Crippen LogP contribution is -2.44. The summed E-state index contributed by atoms with van der Waals surface area (Å²) in [6, 6.07) is 19.9. The Morgan fingerprint density at radius 1 is 0.929 bits per heavy atom. The molecular formula is C22H25N3O2S. The Morgan fingerprint density at radius 2 is 1.64 bits per heavy atom. The third kappa shape index (κ3) is 3.84. The summed E-state index contributed by atoms with van der Waals surface area (Å²) >= 11 is 0. The molecule has 28 heavy (non-hydrogen) atoms. The lowest BCUT2D eigenvalue weighted by atomic mass is 10.1. The molecule has 0 saturated carbocycles. The highest BCUT2D eigenvalue weighted by Crippen LogP contribution is 2.31. The fourth-order valence-electron chi connectivity index (χ4n) is 3.54. The number of methoxy groups -OCH3 is 1. The van der Waals surface area contributed by atoms with Crippen LogP contribution in [-0.4, -0.2) is 49.4 Å². The zero-order chi connectivity index (χ0) is 19.5. The number of rotatable bonds is 5. The van der Waals surface area contributed by atoms with Gasteiger partial charge in [0.05, 0.1) is 7.11 Å². The molecule has 1 aliphatic rings. The summed E-state index contributed by atoms with van der Waals surface area (Å²) < 4.78 is 21.7. The fraction of sp³-hybridized carbons (Fsp3) is 0.273. The van der Waals surface area contributed by atoms with Gasteiger partial charge in [-0.1, -0.05) is 30.3 Å². The predicted molar refractivity (Wildman–Crippen MR) is 117 cm³/mol. The van der Waals surface area contributed by atoms with Crippen LogP contribution in [0.5, 0.6) is 5.75 Å². The number of piperazine rings is 1. The Hall–Kier alpha value is -2.57. The van der Waals surface area contributed by atoms with E-state index in [1.807, 2.05) is 48.5 Å². The van der Waals surface area contributed by atoms with Crippen molar-refractivity contribution in [1.82, 2.24) is 4.90 Å². The minimum atomic E-state index is -1.43. The number of nitrogens with one attached hydrogen (secondary N) is 1. The topological polar surface area (TPSA) is 44.8 Å². The third-order valence-electron chi connectivity index (χ3n) is 5.20. The first-order valence-electron chi connectivity index (χ1n) is 9.43. The second-order valence-electron chi connectivity index (χ2n) is 7.03. The third-order valence-corrected chi connectivity index (χ3v) is 6.41. The van der Waals surface area contributed by atoms with Gasteiger partial charge in [0, 0.05) is 42.9 Å². The van der Waals surface area contributed by atoms with Crippen LogP contribution in [0.15, 0.2) is 65.6 Å². The van der Waals surface area contributed by atoms with E-state index >= 15 is 0 Å². The molecule has 1 N–H and O–H groups in total. The Bertz CT molecular complexity index is 983. The van der Waals surface area contributed by atoms with Crippen LogP contribution in [0, 0.1) is 0 Å². The number of nitrogens with zero attached hydrogens (tertiary/aromatic N) is 2. The molecule has 0 amide bonds. The number of hydrogen-bond donors (Lipinski definition) is 1. The van der Waals surface area contributed by atoms with Gasteiger partial charge in [-0.2, -0.15) is 0 Å². The van der Waals surface area contributed by atoms with Crippen LogP contribution < -0.4 is 14.4 Å². The van der Waals surface area contributed by atoms with Crippen LogP contribution in [0.3, 0.4) is 0 Å². The quantitative estimate of drug-likeness (QED) is 0.715. The number of ether oxygens (including phenoxy) is 1. The first-order valence-corrected chi connectivity index (χ1v) is 10.6. The lowest BCUT2D eigenvalue weighted by molar-refractivity contribution is 0.313. The molecule has 3 aromatic rings. The highest BCUT2D eigenvalue weighted by atomic mass is 32.2. The Kier molecular flexibility index (Phi) is 5.50. The SMILES string of the molecule is COc1ccc2ccccc2c1S(=O)Nc1ccc(N2CCN(C)CC2)cc1. The molecule has 0 aliphatic carbocycles. The average Bonchev–Trinajstić information content (AvgIpc) is 2.74. The van der Waals surface area contributed by atoms with Gasteiger partial charge in [-0.25, -0.2) is 4.21 Å². The molecule has 5 nitrogen and oxygen atoms in total. The summed E-state index contributed by atoms with van der Waals surface area (Å²) in [5, 5.41) is 1.97. The van der Waals surface area contributed by atoms with Crippen molar-refractivity contribution in [3.8, 4) is 5.75 Å². The molecule has 1 atom stereocenters. The maximum Gasteiger partial charge on any atom is 0.154 e. The average molecular weight is 396 g/mol. The van der Waals surface area contributed by atoms with Crippen LogP contribution in [0.2, 0.25) is 0 Å². The van der Waals surface area contributed by atoms with Crippen molar-refractivity contribution in [2.24, 2.45) is 0 Å². The summed E-state index contributed by atoms with van der Waals surface area (Å²) in [6.07, 6.45) is 0. The molecule has 1 heterocycles. The summed E-state index contributed by atoms with van der Waals surface area (Å²) in [5.41, 5.74) is 2.03. The zero-order valence-corrected chi connectivity index (χ0v) is 17.0. The molecular weight excluding hydrogens is 370 g/mol. The largest absolute Gasteiger partial charge is 0.495 e. The molecule has 4 rings (SSSR count). The van der Waals surface area contributed by atoms with Gasteiger partial charge in [0.1, 0.15) is 10.6 Å². The van der Waals surface area contributed by atoms with Gasteiger partial charge in [0.15, 0.2) is 11.0 Å². The van der Waals surface area contributed by atoms with E-state index in [0.717, 1.165) is 42.6 Å². The monoisotopic (exact) mass is 395 g/mol. The molecule has 0 radical (unpaired) electrons. The Morgan fingerprint density at radius 3 is 2.36 bits per heavy atom. The van der Waals surface area contributed by atoms with Gasteiger partial charge in [-0.05, 0) is 42.8 Å². The van der Waals surface area contributed by atoms with Crippen LogP contribution in [0.1, 0.15) is 0 Å². The second kappa shape index (κ2) is 8.20. The van der Waals surface area contributed by atoms with Crippen molar-refractivity contribution in [3.05, 3.63) is 60.7 Å². The lowest BCUT2D eigenvalue weighted by Gasteiger charge is -2.34. The van der Waals surface area contributed by atoms with Gasteiger partial charge >= 0.3 is 0 Å². The Balaban J connectivity index is 1.55. The van der Waals surface area contributed by atoms with Gasteiger partial charge in [0.2, 0.25) is 0 Å². The van der Waals surface area contributed by atoms with Crippen molar-refractivity contribution in [2.45, 2.75) is 4.90 Å². The van der Waals surface area contributed by atoms with E-state index in [-0.39, 0.29) is 0 Å². The van der Waals surface area contributed by atoms with E-state index in [4.69, 9.17) is 4.74 Å². The van der Waals surface area contributed by atoms with E-state index in [9.17, 15) is 4.21 Å². The summed E-state index contributed by atoms with van der Waals surface area (Å²) in [6.45, 7) is 4.21. The molecule has 146 valence electrons. The molecule has 3 aromatic carbocycles. The van der Waals surface area contributed by atoms with Crippen molar-refractivity contribution >= 4 is 33.1 Å². The number of benzene rings is 3. The van der Waals surface area contributed by atoms with Crippen LogP contribution in [-0.2, 0) is 11.0 Å². The zero-order valence-electron chi connectivity index (χ0n) is 16.2. The molecule has 1 aliphatic heterocycles. The summed E-state index contributed by atoms with van der Waals surface area (Å²) in [7, 11) is 2.33. The summed E-state index contributed by atoms with van der Waals surface area (Å²) in [5.74, 6) is 0.624. The fourth-order valence-corrected chi connectivity index (χ4v) is 4.71. The smallest absolute Gasteiger partial charge is 0.154 e. The Labute approximate surface area is 168 Å². The molecule has 0 aromatic heterocycles. The molecule has 1 saturated heterocycles. The highest BCUT2D eigenvalue weighted by molar-refractivity contribution is 7.86. The van der Waals surface area contributed by atoms with E-state index in [1.54, 1.807) is 7.11 Å². The van der Waals surface area contributed by atoms with Gasteiger partial charge < -0.3 is 19.3 Å². The molecule has 0 bridgehead atoms. The molecule has 6 heteroatoms. The van der Waals surface area contributed by atoms with Crippen molar-refractivity contribution in [2.75, 3.05) is 50.0 Å². The van der Waals surface area contributed by atoms with Crippen LogP contribution >= 0.6 is 0 Å². The van der Waals surface area contributed by atoms with E-state index < -0.39 is 11.0 Å². The normalized spacial score (nSPS) is 16.1. The first kappa shape index (κ1) is 18.8. The highest BCUT2D eigenvalue weighted by Gasteiger charge is 2.17. The van der Waals surface area contributed by atoms with Gasteiger partial charge in [-0.3, -0.25) is 0 Å². The maximum atomic E-state index is 13.1. The van der Waals surface area contributed by atoms with Gasteiger partial charge in [0.25, 0.3) is 0 Å². The molecule has 0 spiro atoms. The second-order valence-corrected chi connectivity index (χ2v) is 8.18. The minimum absolute atomic E-state index is 0.624. The van der Waals surface area contributed by atoms with Crippen LogP contribution in [0.4, 0.5) is 11.4 Å². The van der Waals surface area contributed by atoms with Gasteiger partial charge in [-0.15, -0.1) is 0 Å². The molecule has 1 unspecified atom stereocenters. The van der Waals surface area contributed by atoms with Crippen molar-refractivity contribution < 1.29 is 8.95 Å². The maximum absolute atomic E-state index is 13.1. The van der Waals surface area contributed by atoms with E-state index in [1.165, 1.54) is 5.69 Å². The number of hydrogen-bond acceptors (Lipinski definition) is 4. The van der Waals surface area contributed by atoms with Crippen molar-refractivity contribution in [3.63, 3.8) is 0 Å².